The Morgan fingerprint density at radius 3 is 2.55 bits per heavy atom. The Balaban J connectivity index is 2.21. The maximum Gasteiger partial charge on any atom is 0.253 e. The summed E-state index contributed by atoms with van der Waals surface area (Å²) < 4.78 is 24.4. The van der Waals surface area contributed by atoms with Crippen molar-refractivity contribution < 1.29 is 18.7 Å². The number of ether oxygens (including phenoxy) is 2. The second-order valence-corrected chi connectivity index (χ2v) is 4.65. The zero-order chi connectivity index (χ0) is 15.9. The predicted molar refractivity (Wildman–Crippen MR) is 81.0 cm³/mol. The molecule has 0 bridgehead atoms. The smallest absolute Gasteiger partial charge is 0.253 e. The van der Waals surface area contributed by atoms with Crippen LogP contribution in [0.5, 0.6) is 5.75 Å². The van der Waals surface area contributed by atoms with Gasteiger partial charge < -0.3 is 14.8 Å². The number of para-hydroxylation sites is 1. The third kappa shape index (κ3) is 3.62. The molecule has 0 aliphatic carbocycles. The third-order valence-electron chi connectivity index (χ3n) is 3.28. The number of rotatable bonds is 6. The summed E-state index contributed by atoms with van der Waals surface area (Å²) in [5, 5.41) is 2.56. The van der Waals surface area contributed by atoms with Crippen LogP contribution >= 0.6 is 0 Å². The lowest BCUT2D eigenvalue weighted by molar-refractivity contribution is -0.130. The van der Waals surface area contributed by atoms with Gasteiger partial charge in [-0.15, -0.1) is 0 Å². The van der Waals surface area contributed by atoms with Crippen LogP contribution < -0.4 is 10.1 Å². The van der Waals surface area contributed by atoms with Crippen LogP contribution in [-0.2, 0) is 16.1 Å². The Morgan fingerprint density at radius 1 is 1.18 bits per heavy atom. The van der Waals surface area contributed by atoms with Gasteiger partial charge in [-0.1, -0.05) is 36.4 Å². The lowest BCUT2D eigenvalue weighted by Crippen LogP contribution is -2.27. The van der Waals surface area contributed by atoms with Crippen molar-refractivity contribution in [2.24, 2.45) is 0 Å². The van der Waals surface area contributed by atoms with Crippen molar-refractivity contribution in [3.05, 3.63) is 65.5 Å². The highest BCUT2D eigenvalue weighted by Crippen LogP contribution is 2.24. The number of amides is 1. The predicted octanol–water partition coefficient (Wildman–Crippen LogP) is 2.84. The second kappa shape index (κ2) is 7.56. The van der Waals surface area contributed by atoms with Gasteiger partial charge in [0.2, 0.25) is 0 Å². The van der Waals surface area contributed by atoms with E-state index < -0.39 is 11.9 Å². The fourth-order valence-corrected chi connectivity index (χ4v) is 2.15. The summed E-state index contributed by atoms with van der Waals surface area (Å²) in [6.07, 6.45) is -0.731. The number of likely N-dealkylation sites (N-methyl/N-ethyl adjacent to an activating group) is 1. The largest absolute Gasteiger partial charge is 0.486 e. The Bertz CT molecular complexity index is 645. The van der Waals surface area contributed by atoms with Gasteiger partial charge in [-0.2, -0.15) is 0 Å². The van der Waals surface area contributed by atoms with Crippen LogP contribution in [0.4, 0.5) is 4.39 Å². The molecule has 0 heterocycles. The van der Waals surface area contributed by atoms with E-state index in [0.717, 1.165) is 5.56 Å². The molecule has 1 amide bonds. The summed E-state index contributed by atoms with van der Waals surface area (Å²) in [6.45, 7) is 0.147. The van der Waals surface area contributed by atoms with E-state index in [9.17, 15) is 9.18 Å². The van der Waals surface area contributed by atoms with Crippen LogP contribution in [0.1, 0.15) is 17.2 Å². The number of carbonyl (C=O) groups excluding carboxylic acids is 1. The molecular formula is C17H18FNO3. The molecule has 116 valence electrons. The lowest BCUT2D eigenvalue weighted by atomic mass is 10.0. The molecular weight excluding hydrogens is 285 g/mol. The third-order valence-corrected chi connectivity index (χ3v) is 3.28. The average Bonchev–Trinajstić information content (AvgIpc) is 2.55. The first-order valence-electron chi connectivity index (χ1n) is 6.87. The van der Waals surface area contributed by atoms with E-state index in [1.807, 2.05) is 18.2 Å². The van der Waals surface area contributed by atoms with Crippen molar-refractivity contribution in [3.8, 4) is 5.75 Å². The lowest BCUT2D eigenvalue weighted by Gasteiger charge is -2.18. The molecule has 1 atom stereocenters. The Labute approximate surface area is 128 Å². The molecule has 0 saturated carbocycles. The van der Waals surface area contributed by atoms with Crippen LogP contribution in [0, 0.1) is 5.82 Å². The van der Waals surface area contributed by atoms with E-state index in [4.69, 9.17) is 9.47 Å². The molecule has 0 aliphatic heterocycles. The zero-order valence-electron chi connectivity index (χ0n) is 12.5. The van der Waals surface area contributed by atoms with E-state index >= 15 is 0 Å². The molecule has 5 heteroatoms. The van der Waals surface area contributed by atoms with E-state index in [1.54, 1.807) is 31.3 Å². The van der Waals surface area contributed by atoms with Gasteiger partial charge in [0, 0.05) is 14.2 Å². The average molecular weight is 303 g/mol. The molecule has 1 unspecified atom stereocenters. The number of benzene rings is 2. The molecule has 2 rings (SSSR count). The molecule has 0 saturated heterocycles. The van der Waals surface area contributed by atoms with Crippen molar-refractivity contribution in [2.75, 3.05) is 14.2 Å². The standard InChI is InChI=1S/C17H18FNO3/c1-19-17(20)16(21-2)13-8-4-3-7-12(13)11-22-15-10-6-5-9-14(15)18/h3-10,16H,11H2,1-2H3,(H,19,20). The molecule has 2 aromatic carbocycles. The summed E-state index contributed by atoms with van der Waals surface area (Å²) in [4.78, 5) is 11.9. The highest BCUT2D eigenvalue weighted by molar-refractivity contribution is 5.82. The molecule has 0 aromatic heterocycles. The molecule has 2 aromatic rings. The van der Waals surface area contributed by atoms with E-state index in [2.05, 4.69) is 5.32 Å². The first kappa shape index (κ1) is 16.0. The van der Waals surface area contributed by atoms with Crippen molar-refractivity contribution >= 4 is 5.91 Å². The van der Waals surface area contributed by atoms with E-state index in [0.29, 0.717) is 5.56 Å². The number of carbonyl (C=O) groups is 1. The molecule has 0 radical (unpaired) electrons. The van der Waals surface area contributed by atoms with Gasteiger partial charge in [-0.05, 0) is 23.3 Å². The van der Waals surface area contributed by atoms with Crippen LogP contribution in [0.3, 0.4) is 0 Å². The van der Waals surface area contributed by atoms with Gasteiger partial charge in [-0.3, -0.25) is 4.79 Å². The quantitative estimate of drug-likeness (QED) is 0.892. The van der Waals surface area contributed by atoms with Crippen LogP contribution in [0.25, 0.3) is 0 Å². The van der Waals surface area contributed by atoms with Crippen molar-refractivity contribution in [1.82, 2.24) is 5.32 Å². The number of methoxy groups -OCH3 is 1. The van der Waals surface area contributed by atoms with Gasteiger partial charge in [0.25, 0.3) is 5.91 Å². The molecule has 0 aliphatic rings. The summed E-state index contributed by atoms with van der Waals surface area (Å²) >= 11 is 0. The topological polar surface area (TPSA) is 47.6 Å². The minimum absolute atomic E-state index is 0.147. The van der Waals surface area contributed by atoms with Crippen LogP contribution in [-0.4, -0.2) is 20.1 Å². The Morgan fingerprint density at radius 2 is 1.86 bits per heavy atom. The van der Waals surface area contributed by atoms with E-state index in [1.165, 1.54) is 13.2 Å². The monoisotopic (exact) mass is 303 g/mol. The highest BCUT2D eigenvalue weighted by Gasteiger charge is 2.21. The minimum Gasteiger partial charge on any atom is -0.486 e. The highest BCUT2D eigenvalue weighted by atomic mass is 19.1. The maximum absolute atomic E-state index is 13.6. The molecule has 22 heavy (non-hydrogen) atoms. The molecule has 4 nitrogen and oxygen atoms in total. The van der Waals surface area contributed by atoms with E-state index in [-0.39, 0.29) is 18.3 Å². The summed E-state index contributed by atoms with van der Waals surface area (Å²) in [6, 6.07) is 13.5. The number of hydrogen-bond acceptors (Lipinski definition) is 3. The fourth-order valence-electron chi connectivity index (χ4n) is 2.15. The van der Waals surface area contributed by atoms with Gasteiger partial charge in [0.1, 0.15) is 6.61 Å². The first-order chi connectivity index (χ1) is 10.7. The summed E-state index contributed by atoms with van der Waals surface area (Å²) in [5.74, 6) is -0.498. The first-order valence-corrected chi connectivity index (χ1v) is 6.87. The van der Waals surface area contributed by atoms with Crippen molar-refractivity contribution in [1.29, 1.82) is 0 Å². The second-order valence-electron chi connectivity index (χ2n) is 4.65. The molecule has 0 spiro atoms. The van der Waals surface area contributed by atoms with Crippen LogP contribution in [0.15, 0.2) is 48.5 Å². The maximum atomic E-state index is 13.6. The SMILES string of the molecule is CNC(=O)C(OC)c1ccccc1COc1ccccc1F. The molecule has 1 N–H and O–H groups in total. The van der Waals surface area contributed by atoms with Crippen LogP contribution in [0.2, 0.25) is 0 Å². The van der Waals surface area contributed by atoms with Crippen molar-refractivity contribution in [3.63, 3.8) is 0 Å². The number of halogens is 1. The minimum atomic E-state index is -0.731. The summed E-state index contributed by atoms with van der Waals surface area (Å²) in [7, 11) is 3.02. The Kier molecular flexibility index (Phi) is 5.49. The fraction of sp³-hybridized carbons (Fsp3) is 0.235. The Hall–Kier alpha value is -2.40. The van der Waals surface area contributed by atoms with Gasteiger partial charge in [-0.25, -0.2) is 4.39 Å². The number of hydrogen-bond donors (Lipinski definition) is 1. The summed E-state index contributed by atoms with van der Waals surface area (Å²) in [5.41, 5.74) is 1.46. The van der Waals surface area contributed by atoms with Gasteiger partial charge >= 0.3 is 0 Å². The molecule has 0 fully saturated rings. The van der Waals surface area contributed by atoms with Crippen molar-refractivity contribution in [2.45, 2.75) is 12.7 Å². The normalized spacial score (nSPS) is 11.8. The number of nitrogens with one attached hydrogen (secondary N) is 1. The zero-order valence-corrected chi connectivity index (χ0v) is 12.5. The van der Waals surface area contributed by atoms with Gasteiger partial charge in [0.15, 0.2) is 17.7 Å². The van der Waals surface area contributed by atoms with Gasteiger partial charge in [0.05, 0.1) is 0 Å².